The van der Waals surface area contributed by atoms with E-state index >= 15 is 0 Å². The molecule has 0 aliphatic rings. The smallest absolute Gasteiger partial charge is 0.188 e. The van der Waals surface area contributed by atoms with Crippen LogP contribution in [0.3, 0.4) is 0 Å². The molecule has 0 amide bonds. The number of benzene rings is 1. The second kappa shape index (κ2) is 6.01. The molecule has 1 aromatic heterocycles. The minimum Gasteiger partial charge on any atom is -0.409 e. The first-order valence-corrected chi connectivity index (χ1v) is 6.03. The fraction of sp³-hybridized carbons (Fsp3) is 0.143. The topological polar surface area (TPSA) is 83.5 Å². The highest BCUT2D eigenvalue weighted by molar-refractivity contribution is 5.95. The molecule has 0 aliphatic heterocycles. The number of oxime groups is 1. The van der Waals surface area contributed by atoms with Crippen LogP contribution in [0.4, 0.5) is 10.1 Å². The molecule has 0 unspecified atom stereocenters. The SMILES string of the molecule is Cc1cc(NCc2ccnc(C(N)=NO)c2)ccc1F. The number of anilines is 1. The molecule has 1 heterocycles. The molecular weight excluding hydrogens is 259 g/mol. The number of aryl methyl sites for hydroxylation is 1. The Bertz CT molecular complexity index is 643. The molecule has 5 nitrogen and oxygen atoms in total. The van der Waals surface area contributed by atoms with E-state index in [9.17, 15) is 4.39 Å². The third-order valence-electron chi connectivity index (χ3n) is 2.85. The van der Waals surface area contributed by atoms with Gasteiger partial charge in [-0.15, -0.1) is 0 Å². The summed E-state index contributed by atoms with van der Waals surface area (Å²) in [6, 6.07) is 8.37. The second-order valence-corrected chi connectivity index (χ2v) is 4.35. The zero-order valence-corrected chi connectivity index (χ0v) is 11.0. The predicted octanol–water partition coefficient (Wildman–Crippen LogP) is 2.24. The van der Waals surface area contributed by atoms with Gasteiger partial charge in [-0.1, -0.05) is 5.16 Å². The largest absolute Gasteiger partial charge is 0.409 e. The van der Waals surface area contributed by atoms with Crippen molar-refractivity contribution in [3.8, 4) is 0 Å². The van der Waals surface area contributed by atoms with Crippen LogP contribution in [0.25, 0.3) is 0 Å². The van der Waals surface area contributed by atoms with Crippen LogP contribution in [0.1, 0.15) is 16.8 Å². The van der Waals surface area contributed by atoms with Crippen molar-refractivity contribution >= 4 is 11.5 Å². The Morgan fingerprint density at radius 3 is 2.90 bits per heavy atom. The van der Waals surface area contributed by atoms with Crippen LogP contribution < -0.4 is 11.1 Å². The third-order valence-corrected chi connectivity index (χ3v) is 2.85. The van der Waals surface area contributed by atoms with Gasteiger partial charge in [0.25, 0.3) is 0 Å². The molecular formula is C14H15FN4O. The predicted molar refractivity (Wildman–Crippen MR) is 75.2 cm³/mol. The summed E-state index contributed by atoms with van der Waals surface area (Å²) in [6.07, 6.45) is 1.58. The Labute approximate surface area is 116 Å². The number of aromatic nitrogens is 1. The molecule has 0 spiro atoms. The summed E-state index contributed by atoms with van der Waals surface area (Å²) >= 11 is 0. The molecule has 0 fully saturated rings. The molecule has 1 aromatic carbocycles. The average Bonchev–Trinajstić information content (AvgIpc) is 2.48. The summed E-state index contributed by atoms with van der Waals surface area (Å²) < 4.78 is 13.2. The number of nitrogens with one attached hydrogen (secondary N) is 1. The second-order valence-electron chi connectivity index (χ2n) is 4.35. The van der Waals surface area contributed by atoms with Gasteiger partial charge in [0.2, 0.25) is 0 Å². The van der Waals surface area contributed by atoms with Crippen LogP contribution >= 0.6 is 0 Å². The summed E-state index contributed by atoms with van der Waals surface area (Å²) in [7, 11) is 0. The maximum Gasteiger partial charge on any atom is 0.188 e. The Morgan fingerprint density at radius 2 is 2.20 bits per heavy atom. The molecule has 2 rings (SSSR count). The summed E-state index contributed by atoms with van der Waals surface area (Å²) in [4.78, 5) is 4.00. The lowest BCUT2D eigenvalue weighted by atomic mass is 10.2. The number of halogens is 1. The molecule has 2 aromatic rings. The Hall–Kier alpha value is -2.63. The molecule has 104 valence electrons. The van der Waals surface area contributed by atoms with Crippen molar-refractivity contribution in [1.29, 1.82) is 0 Å². The minimum atomic E-state index is -0.228. The fourth-order valence-corrected chi connectivity index (χ4v) is 1.73. The van der Waals surface area contributed by atoms with Crippen molar-refractivity contribution in [2.75, 3.05) is 5.32 Å². The number of amidine groups is 1. The van der Waals surface area contributed by atoms with E-state index in [0.29, 0.717) is 17.8 Å². The van der Waals surface area contributed by atoms with E-state index in [1.54, 1.807) is 31.3 Å². The molecule has 0 bridgehead atoms. The van der Waals surface area contributed by atoms with Gasteiger partial charge in [-0.05, 0) is 48.4 Å². The fourth-order valence-electron chi connectivity index (χ4n) is 1.73. The van der Waals surface area contributed by atoms with Crippen LogP contribution in [-0.4, -0.2) is 16.0 Å². The van der Waals surface area contributed by atoms with Crippen molar-refractivity contribution in [1.82, 2.24) is 4.98 Å². The van der Waals surface area contributed by atoms with Crippen LogP contribution in [0.15, 0.2) is 41.7 Å². The van der Waals surface area contributed by atoms with Crippen molar-refractivity contribution < 1.29 is 9.60 Å². The molecule has 4 N–H and O–H groups in total. The van der Waals surface area contributed by atoms with Crippen LogP contribution in [0, 0.1) is 12.7 Å². The van der Waals surface area contributed by atoms with E-state index in [4.69, 9.17) is 10.9 Å². The van der Waals surface area contributed by atoms with Crippen LogP contribution in [0.5, 0.6) is 0 Å². The number of hydrogen-bond acceptors (Lipinski definition) is 4. The van der Waals surface area contributed by atoms with Crippen molar-refractivity contribution in [2.45, 2.75) is 13.5 Å². The van der Waals surface area contributed by atoms with Gasteiger partial charge in [-0.2, -0.15) is 0 Å². The molecule has 0 radical (unpaired) electrons. The normalized spacial score (nSPS) is 11.4. The maximum absolute atomic E-state index is 13.2. The van der Waals surface area contributed by atoms with Gasteiger partial charge >= 0.3 is 0 Å². The number of rotatable bonds is 4. The standard InChI is InChI=1S/C14H15FN4O/c1-9-6-11(2-3-12(9)15)18-8-10-4-5-17-13(7-10)14(16)19-20/h2-7,18,20H,8H2,1H3,(H2,16,19). The molecule has 6 heteroatoms. The van der Waals surface area contributed by atoms with E-state index in [2.05, 4.69) is 15.5 Å². The third kappa shape index (κ3) is 3.23. The van der Waals surface area contributed by atoms with Gasteiger partial charge in [0.05, 0.1) is 0 Å². The van der Waals surface area contributed by atoms with Gasteiger partial charge in [0.15, 0.2) is 5.84 Å². The maximum atomic E-state index is 13.2. The average molecular weight is 274 g/mol. The summed E-state index contributed by atoms with van der Waals surface area (Å²) in [5.41, 5.74) is 8.22. The zero-order chi connectivity index (χ0) is 14.5. The van der Waals surface area contributed by atoms with Crippen molar-refractivity contribution in [3.05, 3.63) is 59.2 Å². The Balaban J connectivity index is 2.09. The zero-order valence-electron chi connectivity index (χ0n) is 11.0. The van der Waals surface area contributed by atoms with Crippen molar-refractivity contribution in [2.24, 2.45) is 10.9 Å². The molecule has 0 saturated carbocycles. The number of nitrogens with zero attached hydrogens (tertiary/aromatic N) is 2. The molecule has 0 saturated heterocycles. The quantitative estimate of drug-likeness (QED) is 0.345. The number of nitrogens with two attached hydrogens (primary N) is 1. The first-order chi connectivity index (χ1) is 9.60. The lowest BCUT2D eigenvalue weighted by Crippen LogP contribution is -2.15. The monoisotopic (exact) mass is 274 g/mol. The lowest BCUT2D eigenvalue weighted by Gasteiger charge is -2.08. The van der Waals surface area contributed by atoms with E-state index in [1.165, 1.54) is 6.07 Å². The van der Waals surface area contributed by atoms with E-state index in [0.717, 1.165) is 11.3 Å². The summed E-state index contributed by atoms with van der Waals surface area (Å²) in [6.45, 7) is 2.24. The Morgan fingerprint density at radius 1 is 1.40 bits per heavy atom. The van der Waals surface area contributed by atoms with Crippen LogP contribution in [0.2, 0.25) is 0 Å². The van der Waals surface area contributed by atoms with Gasteiger partial charge < -0.3 is 16.3 Å². The van der Waals surface area contributed by atoms with Gasteiger partial charge in [0.1, 0.15) is 11.5 Å². The number of hydrogen-bond donors (Lipinski definition) is 3. The first-order valence-electron chi connectivity index (χ1n) is 6.03. The molecule has 0 atom stereocenters. The van der Waals surface area contributed by atoms with Crippen molar-refractivity contribution in [3.63, 3.8) is 0 Å². The number of pyridine rings is 1. The highest BCUT2D eigenvalue weighted by Crippen LogP contribution is 2.14. The van der Waals surface area contributed by atoms with E-state index in [-0.39, 0.29) is 11.7 Å². The van der Waals surface area contributed by atoms with Gasteiger partial charge in [-0.3, -0.25) is 4.98 Å². The minimum absolute atomic E-state index is 0.0375. The first kappa shape index (κ1) is 13.8. The van der Waals surface area contributed by atoms with Gasteiger partial charge in [-0.25, -0.2) is 4.39 Å². The molecule has 20 heavy (non-hydrogen) atoms. The van der Waals surface area contributed by atoms with E-state index < -0.39 is 0 Å². The summed E-state index contributed by atoms with van der Waals surface area (Å²) in [5.74, 6) is -0.266. The van der Waals surface area contributed by atoms with Crippen LogP contribution in [-0.2, 0) is 6.54 Å². The Kier molecular flexibility index (Phi) is 4.14. The van der Waals surface area contributed by atoms with Gasteiger partial charge in [0, 0.05) is 18.4 Å². The highest BCUT2D eigenvalue weighted by Gasteiger charge is 2.03. The summed E-state index contributed by atoms with van der Waals surface area (Å²) in [5, 5.41) is 14.7. The highest BCUT2D eigenvalue weighted by atomic mass is 19.1. The molecule has 0 aliphatic carbocycles. The van der Waals surface area contributed by atoms with E-state index in [1.807, 2.05) is 6.07 Å². The lowest BCUT2D eigenvalue weighted by molar-refractivity contribution is 0.318.